The fourth-order valence-electron chi connectivity index (χ4n) is 2.71. The molecule has 2 heterocycles. The van der Waals surface area contributed by atoms with Crippen molar-refractivity contribution in [2.24, 2.45) is 0 Å². The summed E-state index contributed by atoms with van der Waals surface area (Å²) in [5, 5.41) is 0. The van der Waals surface area contributed by atoms with Gasteiger partial charge in [-0.15, -0.1) is 0 Å². The number of nitrogens with zero attached hydrogens (tertiary/aromatic N) is 1. The summed E-state index contributed by atoms with van der Waals surface area (Å²) in [5.74, 6) is -0.612. The third kappa shape index (κ3) is 2.19. The molecule has 1 aromatic rings. The van der Waals surface area contributed by atoms with Crippen LogP contribution in [0.15, 0.2) is 24.3 Å². The Morgan fingerprint density at radius 2 is 1.75 bits per heavy atom. The topological polar surface area (TPSA) is 63.7 Å². The predicted molar refractivity (Wildman–Crippen MR) is 70.2 cm³/mol. The van der Waals surface area contributed by atoms with Crippen molar-refractivity contribution >= 4 is 17.8 Å². The highest BCUT2D eigenvalue weighted by molar-refractivity contribution is 6.21. The van der Waals surface area contributed by atoms with Crippen LogP contribution in [-0.4, -0.2) is 35.3 Å². The molecule has 0 aliphatic carbocycles. The van der Waals surface area contributed by atoms with Crippen LogP contribution in [0.4, 0.5) is 0 Å². The van der Waals surface area contributed by atoms with Crippen molar-refractivity contribution in [2.45, 2.75) is 31.8 Å². The monoisotopic (exact) mass is 273 g/mol. The lowest BCUT2D eigenvalue weighted by Gasteiger charge is -2.15. The van der Waals surface area contributed by atoms with E-state index < -0.39 is 0 Å². The predicted octanol–water partition coefficient (Wildman–Crippen LogP) is 1.77. The summed E-state index contributed by atoms with van der Waals surface area (Å²) >= 11 is 0. The second kappa shape index (κ2) is 5.07. The lowest BCUT2D eigenvalue weighted by Crippen LogP contribution is -2.31. The highest BCUT2D eigenvalue weighted by Gasteiger charge is 2.34. The van der Waals surface area contributed by atoms with Gasteiger partial charge in [-0.2, -0.15) is 0 Å². The molecule has 0 bridgehead atoms. The molecule has 0 N–H and O–H groups in total. The number of benzene rings is 1. The van der Waals surface area contributed by atoms with Crippen molar-refractivity contribution in [3.8, 4) is 0 Å². The van der Waals surface area contributed by atoms with Gasteiger partial charge in [0.25, 0.3) is 11.8 Å². The van der Waals surface area contributed by atoms with Gasteiger partial charge in [-0.25, -0.2) is 0 Å². The van der Waals surface area contributed by atoms with Crippen LogP contribution in [0.25, 0.3) is 0 Å². The Bertz CT molecular complexity index is 546. The highest BCUT2D eigenvalue weighted by atomic mass is 16.5. The van der Waals surface area contributed by atoms with E-state index in [0.29, 0.717) is 36.9 Å². The first kappa shape index (κ1) is 12.8. The Morgan fingerprint density at radius 3 is 2.30 bits per heavy atom. The molecule has 104 valence electrons. The highest BCUT2D eigenvalue weighted by Crippen LogP contribution is 2.24. The van der Waals surface area contributed by atoms with Crippen LogP contribution in [0.2, 0.25) is 0 Å². The van der Waals surface area contributed by atoms with Gasteiger partial charge in [-0.3, -0.25) is 19.3 Å². The maximum absolute atomic E-state index is 12.1. The number of hydrogen-bond donors (Lipinski definition) is 0. The van der Waals surface area contributed by atoms with E-state index in [1.807, 2.05) is 0 Å². The van der Waals surface area contributed by atoms with Gasteiger partial charge in [0.2, 0.25) is 0 Å². The van der Waals surface area contributed by atoms with Crippen molar-refractivity contribution in [1.29, 1.82) is 0 Å². The van der Waals surface area contributed by atoms with Crippen molar-refractivity contribution in [1.82, 2.24) is 4.90 Å². The van der Waals surface area contributed by atoms with Crippen molar-refractivity contribution in [2.75, 3.05) is 6.54 Å². The van der Waals surface area contributed by atoms with Crippen LogP contribution in [0.5, 0.6) is 0 Å². The first-order valence-electron chi connectivity index (χ1n) is 6.81. The average Bonchev–Trinajstić information content (AvgIpc) is 2.97. The fourth-order valence-corrected chi connectivity index (χ4v) is 2.71. The summed E-state index contributed by atoms with van der Waals surface area (Å²) in [4.78, 5) is 36.5. The van der Waals surface area contributed by atoms with Gasteiger partial charge < -0.3 is 4.74 Å². The van der Waals surface area contributed by atoms with E-state index in [-0.39, 0.29) is 23.9 Å². The molecule has 0 saturated carbocycles. The zero-order chi connectivity index (χ0) is 14.1. The maximum Gasteiger partial charge on any atom is 0.306 e. The van der Waals surface area contributed by atoms with Gasteiger partial charge >= 0.3 is 5.97 Å². The average molecular weight is 273 g/mol. The van der Waals surface area contributed by atoms with Crippen LogP contribution in [0.3, 0.4) is 0 Å². The number of ether oxygens (including phenoxy) is 1. The smallest absolute Gasteiger partial charge is 0.306 e. The zero-order valence-corrected chi connectivity index (χ0v) is 11.0. The van der Waals surface area contributed by atoms with Gasteiger partial charge in [-0.05, 0) is 31.4 Å². The molecule has 1 saturated heterocycles. The first-order valence-corrected chi connectivity index (χ1v) is 6.81. The molecule has 2 aliphatic heterocycles. The Labute approximate surface area is 116 Å². The molecule has 0 aromatic heterocycles. The molecule has 1 atom stereocenters. The number of rotatable bonds is 4. The standard InChI is InChI=1S/C15H15NO4/c17-13-8-7-10(20-13)4-3-9-16-14(18)11-5-1-2-6-12(11)15(16)19/h1-2,5-6,10H,3-4,7-9H2. The Balaban J connectivity index is 1.58. The minimum Gasteiger partial charge on any atom is -0.462 e. The van der Waals surface area contributed by atoms with E-state index in [4.69, 9.17) is 4.74 Å². The van der Waals surface area contributed by atoms with Gasteiger partial charge in [0.15, 0.2) is 0 Å². The minimum atomic E-state index is -0.228. The number of carbonyl (C=O) groups is 3. The van der Waals surface area contributed by atoms with Crippen molar-refractivity contribution < 1.29 is 19.1 Å². The number of esters is 1. The molecular formula is C15H15NO4. The lowest BCUT2D eigenvalue weighted by molar-refractivity contribution is -0.141. The number of imide groups is 1. The number of cyclic esters (lactones) is 1. The van der Waals surface area contributed by atoms with E-state index >= 15 is 0 Å². The normalized spacial score (nSPS) is 21.3. The molecule has 0 radical (unpaired) electrons. The second-order valence-electron chi connectivity index (χ2n) is 5.10. The number of carbonyl (C=O) groups excluding carboxylic acids is 3. The summed E-state index contributed by atoms with van der Waals surface area (Å²) in [6.45, 7) is 0.375. The summed E-state index contributed by atoms with van der Waals surface area (Å²) in [7, 11) is 0. The molecule has 2 aliphatic rings. The molecule has 5 nitrogen and oxygen atoms in total. The summed E-state index contributed by atoms with van der Waals surface area (Å²) in [6.07, 6.45) is 2.50. The van der Waals surface area contributed by atoms with Gasteiger partial charge in [0, 0.05) is 13.0 Å². The second-order valence-corrected chi connectivity index (χ2v) is 5.10. The SMILES string of the molecule is O=C1CCC(CCCN2C(=O)c3ccccc3C2=O)O1. The molecule has 1 aromatic carbocycles. The minimum absolute atomic E-state index is 0.0577. The third-order valence-electron chi connectivity index (χ3n) is 3.75. The zero-order valence-electron chi connectivity index (χ0n) is 11.0. The van der Waals surface area contributed by atoms with Crippen molar-refractivity contribution in [3.05, 3.63) is 35.4 Å². The van der Waals surface area contributed by atoms with Crippen LogP contribution in [0.1, 0.15) is 46.4 Å². The fraction of sp³-hybridized carbons (Fsp3) is 0.400. The maximum atomic E-state index is 12.1. The van der Waals surface area contributed by atoms with E-state index in [0.717, 1.165) is 6.42 Å². The molecule has 1 unspecified atom stereocenters. The Morgan fingerprint density at radius 1 is 1.10 bits per heavy atom. The van der Waals surface area contributed by atoms with Crippen LogP contribution in [0, 0.1) is 0 Å². The van der Waals surface area contributed by atoms with Gasteiger partial charge in [-0.1, -0.05) is 12.1 Å². The molecular weight excluding hydrogens is 258 g/mol. The van der Waals surface area contributed by atoms with E-state index in [9.17, 15) is 14.4 Å². The first-order chi connectivity index (χ1) is 9.66. The number of amides is 2. The quantitative estimate of drug-likeness (QED) is 0.619. The summed E-state index contributed by atoms with van der Waals surface area (Å²) in [6, 6.07) is 6.86. The van der Waals surface area contributed by atoms with Crippen LogP contribution >= 0.6 is 0 Å². The van der Waals surface area contributed by atoms with Crippen LogP contribution < -0.4 is 0 Å². The Kier molecular flexibility index (Phi) is 3.26. The van der Waals surface area contributed by atoms with E-state index in [1.165, 1.54) is 4.90 Å². The lowest BCUT2D eigenvalue weighted by atomic mass is 10.1. The van der Waals surface area contributed by atoms with Crippen molar-refractivity contribution in [3.63, 3.8) is 0 Å². The van der Waals surface area contributed by atoms with Crippen LogP contribution in [-0.2, 0) is 9.53 Å². The molecule has 20 heavy (non-hydrogen) atoms. The molecule has 1 fully saturated rings. The molecule has 3 rings (SSSR count). The van der Waals surface area contributed by atoms with E-state index in [1.54, 1.807) is 24.3 Å². The van der Waals surface area contributed by atoms with Gasteiger partial charge in [0.1, 0.15) is 6.10 Å². The molecule has 0 spiro atoms. The number of fused-ring (bicyclic) bond motifs is 1. The number of hydrogen-bond acceptors (Lipinski definition) is 4. The van der Waals surface area contributed by atoms with E-state index in [2.05, 4.69) is 0 Å². The summed E-state index contributed by atoms with van der Waals surface area (Å²) < 4.78 is 5.11. The largest absolute Gasteiger partial charge is 0.462 e. The van der Waals surface area contributed by atoms with Gasteiger partial charge in [0.05, 0.1) is 11.1 Å². The third-order valence-corrected chi connectivity index (χ3v) is 3.75. The molecule has 2 amide bonds. The Hall–Kier alpha value is -2.17. The summed E-state index contributed by atoms with van der Waals surface area (Å²) in [5.41, 5.74) is 0.953. The molecule has 5 heteroatoms.